The van der Waals surface area contributed by atoms with Crippen LogP contribution in [0.1, 0.15) is 33.2 Å². The van der Waals surface area contributed by atoms with Crippen molar-refractivity contribution in [1.82, 2.24) is 0 Å². The predicted octanol–water partition coefficient (Wildman–Crippen LogP) is 13.4. The molecule has 12 rings (SSSR count). The molecule has 0 radical (unpaired) electrons. The van der Waals surface area contributed by atoms with E-state index in [2.05, 4.69) is 187 Å². The van der Waals surface area contributed by atoms with E-state index in [0.29, 0.717) is 0 Å². The lowest BCUT2D eigenvalue weighted by Gasteiger charge is -2.32. The monoisotopic (exact) mass is 677 g/mol. The van der Waals surface area contributed by atoms with Gasteiger partial charge in [0.05, 0.1) is 11.1 Å². The van der Waals surface area contributed by atoms with Gasteiger partial charge in [-0.3, -0.25) is 0 Å². The van der Waals surface area contributed by atoms with Gasteiger partial charge < -0.3 is 4.90 Å². The number of hydrogen-bond acceptors (Lipinski definition) is 2. The van der Waals surface area contributed by atoms with Crippen molar-refractivity contribution in [2.75, 3.05) is 4.90 Å². The van der Waals surface area contributed by atoms with Gasteiger partial charge in [-0.05, 0) is 119 Å². The Morgan fingerprint density at radius 3 is 1.62 bits per heavy atom. The number of para-hydroxylation sites is 2. The number of hydrogen-bond donors (Lipinski definition) is 0. The molecule has 2 unspecified atom stereocenters. The molecule has 1 aliphatic heterocycles. The molecule has 1 nitrogen and oxygen atoms in total. The van der Waals surface area contributed by atoms with Crippen LogP contribution >= 0.6 is 11.8 Å². The zero-order valence-electron chi connectivity index (χ0n) is 28.3. The molecule has 242 valence electrons. The molecule has 0 saturated heterocycles. The molecule has 1 spiro atoms. The Morgan fingerprint density at radius 1 is 0.385 bits per heavy atom. The highest BCUT2D eigenvalue weighted by molar-refractivity contribution is 8.00. The number of fused-ring (bicyclic) bond motifs is 17. The first-order chi connectivity index (χ1) is 25.8. The smallest absolute Gasteiger partial charge is 0.110 e. The van der Waals surface area contributed by atoms with E-state index < -0.39 is 5.41 Å². The van der Waals surface area contributed by atoms with Crippen molar-refractivity contribution in [3.63, 3.8) is 0 Å². The third kappa shape index (κ3) is 3.60. The number of anilines is 2. The van der Waals surface area contributed by atoms with E-state index in [4.69, 9.17) is 0 Å². The van der Waals surface area contributed by atoms with Gasteiger partial charge in [0.2, 0.25) is 0 Å². The van der Waals surface area contributed by atoms with Crippen molar-refractivity contribution in [3.05, 3.63) is 210 Å². The van der Waals surface area contributed by atoms with Crippen LogP contribution in [0.4, 0.5) is 11.4 Å². The molecule has 0 fully saturated rings. The molecule has 9 aromatic carbocycles. The quantitative estimate of drug-likeness (QED) is 0.168. The minimum absolute atomic E-state index is 0.105. The Kier molecular flexibility index (Phi) is 5.76. The van der Waals surface area contributed by atoms with Crippen molar-refractivity contribution in [2.24, 2.45) is 0 Å². The summed E-state index contributed by atoms with van der Waals surface area (Å²) in [4.78, 5) is 3.84. The molecular weight excluding hydrogens is 647 g/mol. The number of benzene rings is 9. The highest BCUT2D eigenvalue weighted by Gasteiger charge is 2.52. The first-order valence-corrected chi connectivity index (χ1v) is 19.0. The van der Waals surface area contributed by atoms with Gasteiger partial charge in [0, 0.05) is 10.6 Å². The lowest BCUT2D eigenvalue weighted by atomic mass is 9.70. The Labute approximate surface area is 306 Å². The minimum atomic E-state index is -0.442. The summed E-state index contributed by atoms with van der Waals surface area (Å²) in [6.45, 7) is 0. The zero-order valence-corrected chi connectivity index (χ0v) is 29.1. The summed E-state index contributed by atoms with van der Waals surface area (Å²) >= 11 is 1.95. The second kappa shape index (κ2) is 10.5. The molecule has 52 heavy (non-hydrogen) atoms. The van der Waals surface area contributed by atoms with Crippen molar-refractivity contribution in [3.8, 4) is 22.3 Å². The first kappa shape index (κ1) is 28.6. The molecule has 1 heterocycles. The Balaban J connectivity index is 1.17. The predicted molar refractivity (Wildman–Crippen MR) is 219 cm³/mol. The van der Waals surface area contributed by atoms with Crippen molar-refractivity contribution >= 4 is 55.5 Å². The van der Waals surface area contributed by atoms with E-state index in [9.17, 15) is 0 Å². The van der Waals surface area contributed by atoms with Crippen LogP contribution in [0.2, 0.25) is 0 Å². The van der Waals surface area contributed by atoms with Gasteiger partial charge in [0.25, 0.3) is 0 Å². The molecule has 0 N–H and O–H groups in total. The third-order valence-corrected chi connectivity index (χ3v) is 13.2. The molecule has 2 heteroatoms. The molecule has 3 aliphatic rings. The van der Waals surface area contributed by atoms with Crippen molar-refractivity contribution in [1.29, 1.82) is 0 Å². The topological polar surface area (TPSA) is 3.24 Å². The molecular formula is C50H31NS. The highest BCUT2D eigenvalue weighted by atomic mass is 32.2. The lowest BCUT2D eigenvalue weighted by Crippen LogP contribution is -2.26. The Hall–Kier alpha value is -6.09. The number of nitrogens with zero attached hydrogens (tertiary/aromatic N) is 1. The van der Waals surface area contributed by atoms with Crippen LogP contribution in [0.25, 0.3) is 54.6 Å². The van der Waals surface area contributed by atoms with Crippen LogP contribution in [0, 0.1) is 0 Å². The van der Waals surface area contributed by atoms with Gasteiger partial charge in [-0.15, -0.1) is 0 Å². The maximum atomic E-state index is 2.56. The van der Waals surface area contributed by atoms with E-state index >= 15 is 0 Å². The van der Waals surface area contributed by atoms with Gasteiger partial charge in [-0.2, -0.15) is 0 Å². The SMILES string of the molecule is c1ccc(N2c3ccccc3SC2c2ccc3c(c2)C2(c4ccccc4-3)c3ccccc3-c3cc4c5ccccc5c5ccccc5c4cc32)cc1. The van der Waals surface area contributed by atoms with Gasteiger partial charge in [-0.25, -0.2) is 0 Å². The molecule has 0 saturated carbocycles. The molecule has 2 aliphatic carbocycles. The average Bonchev–Trinajstić information content (AvgIpc) is 3.85. The molecule has 0 amide bonds. The largest absolute Gasteiger partial charge is 0.323 e. The first-order valence-electron chi connectivity index (χ1n) is 18.1. The van der Waals surface area contributed by atoms with Crippen molar-refractivity contribution < 1.29 is 0 Å². The molecule has 9 aromatic rings. The Morgan fingerprint density at radius 2 is 0.904 bits per heavy atom. The summed E-state index contributed by atoms with van der Waals surface area (Å²) in [6, 6.07) is 68.4. The molecule has 0 bridgehead atoms. The fourth-order valence-corrected chi connectivity index (χ4v) is 11.1. The van der Waals surface area contributed by atoms with Crippen molar-refractivity contribution in [2.45, 2.75) is 15.7 Å². The lowest BCUT2D eigenvalue weighted by molar-refractivity contribution is 0.791. The summed E-state index contributed by atoms with van der Waals surface area (Å²) in [7, 11) is 0. The Bertz CT molecular complexity index is 2960. The minimum Gasteiger partial charge on any atom is -0.323 e. The van der Waals surface area contributed by atoms with Crippen LogP contribution in [0.5, 0.6) is 0 Å². The van der Waals surface area contributed by atoms with Gasteiger partial charge in [-0.1, -0.05) is 157 Å². The highest BCUT2D eigenvalue weighted by Crippen LogP contribution is 2.64. The third-order valence-electron chi connectivity index (χ3n) is 11.9. The second-order valence-corrected chi connectivity index (χ2v) is 15.4. The summed E-state index contributed by atoms with van der Waals surface area (Å²) in [5.41, 5.74) is 14.2. The number of rotatable bonds is 2. The normalized spacial score (nSPS) is 17.8. The van der Waals surface area contributed by atoms with E-state index in [1.807, 2.05) is 11.8 Å². The average molecular weight is 678 g/mol. The maximum absolute atomic E-state index is 2.56. The van der Waals surface area contributed by atoms with E-state index in [1.54, 1.807) is 0 Å². The maximum Gasteiger partial charge on any atom is 0.110 e. The fourth-order valence-electron chi connectivity index (χ4n) is 9.84. The van der Waals surface area contributed by atoms with Crippen LogP contribution in [-0.2, 0) is 5.41 Å². The fraction of sp³-hybridized carbons (Fsp3) is 0.0400. The molecule has 2 atom stereocenters. The standard InChI is InChI=1S/C50H31NS/c1-2-14-32(15-3-1)51-47-24-12-13-25-48(47)52-49(51)31-26-27-39-37-20-8-10-22-43(37)50(45(39)28-31)44-23-11-9-21-38(44)42-29-40-35-18-6-4-16-33(35)34-17-5-7-19-36(34)41(40)30-46(42)50/h1-30,49H. The summed E-state index contributed by atoms with van der Waals surface area (Å²) in [6.07, 6.45) is 0. The van der Waals surface area contributed by atoms with Gasteiger partial charge in [0.1, 0.15) is 5.37 Å². The summed E-state index contributed by atoms with van der Waals surface area (Å²) in [5.74, 6) is 0. The summed E-state index contributed by atoms with van der Waals surface area (Å²) in [5, 5.41) is 7.98. The van der Waals surface area contributed by atoms with E-state index in [-0.39, 0.29) is 5.37 Å². The van der Waals surface area contributed by atoms with Crippen LogP contribution in [0.3, 0.4) is 0 Å². The van der Waals surface area contributed by atoms with Crippen LogP contribution in [0.15, 0.2) is 187 Å². The van der Waals surface area contributed by atoms with Gasteiger partial charge >= 0.3 is 0 Å². The summed E-state index contributed by atoms with van der Waals surface area (Å²) < 4.78 is 0. The van der Waals surface area contributed by atoms with E-state index in [1.165, 1.54) is 98.7 Å². The zero-order chi connectivity index (χ0) is 34.0. The number of thioether (sulfide) groups is 1. The second-order valence-electron chi connectivity index (χ2n) is 14.3. The van der Waals surface area contributed by atoms with Crippen LogP contribution < -0.4 is 4.90 Å². The van der Waals surface area contributed by atoms with Gasteiger partial charge in [0.15, 0.2) is 0 Å². The molecule has 0 aromatic heterocycles. The van der Waals surface area contributed by atoms with Crippen LogP contribution in [-0.4, -0.2) is 0 Å². The van der Waals surface area contributed by atoms with E-state index in [0.717, 1.165) is 0 Å².